The maximum atomic E-state index is 13.3. The monoisotopic (exact) mass is 417 g/mol. The van der Waals surface area contributed by atoms with Crippen LogP contribution in [0.5, 0.6) is 0 Å². The van der Waals surface area contributed by atoms with Crippen molar-refractivity contribution in [1.29, 1.82) is 0 Å². The topological polar surface area (TPSA) is 114 Å². The molecule has 1 aromatic carbocycles. The van der Waals surface area contributed by atoms with Crippen molar-refractivity contribution in [1.82, 2.24) is 14.9 Å². The van der Waals surface area contributed by atoms with Crippen molar-refractivity contribution in [2.24, 2.45) is 0 Å². The van der Waals surface area contributed by atoms with Crippen LogP contribution in [0.25, 0.3) is 0 Å². The van der Waals surface area contributed by atoms with Gasteiger partial charge >= 0.3 is 11.8 Å². The van der Waals surface area contributed by atoms with E-state index in [1.165, 1.54) is 20.1 Å². The van der Waals surface area contributed by atoms with Crippen molar-refractivity contribution >= 4 is 21.8 Å². The largest absolute Gasteiger partial charge is 0.383 e. The number of aryl methyl sites for hydroxylation is 1. The van der Waals surface area contributed by atoms with Gasteiger partial charge in [-0.15, -0.1) is 0 Å². The van der Waals surface area contributed by atoms with Gasteiger partial charge < -0.3 is 20.1 Å². The standard InChI is InChI=1S/C17H24FN3O6S/c1-12-10-13(18)4-5-14(12)28(24,25)21-7-3-8-27-15(21)11-20-17(23)16(22)19-6-9-26-2/h4-5,10,15H,3,6-9,11H2,1-2H3,(H,19,22)(H,20,23)/t15-/m1/s1. The third-order valence-electron chi connectivity index (χ3n) is 4.11. The number of nitrogens with zero attached hydrogens (tertiary/aromatic N) is 1. The number of sulfonamides is 1. The van der Waals surface area contributed by atoms with Gasteiger partial charge in [0, 0.05) is 20.2 Å². The number of halogens is 1. The number of carbonyl (C=O) groups excluding carboxylic acids is 2. The molecule has 0 radical (unpaired) electrons. The number of hydrogen-bond donors (Lipinski definition) is 2. The van der Waals surface area contributed by atoms with Crippen molar-refractivity contribution in [2.45, 2.75) is 24.5 Å². The van der Waals surface area contributed by atoms with Gasteiger partial charge in [-0.05, 0) is 37.1 Å². The molecule has 0 aromatic heterocycles. The van der Waals surface area contributed by atoms with E-state index in [4.69, 9.17) is 9.47 Å². The Morgan fingerprint density at radius 3 is 2.71 bits per heavy atom. The minimum atomic E-state index is -3.97. The van der Waals surface area contributed by atoms with E-state index in [2.05, 4.69) is 10.6 Å². The first-order valence-electron chi connectivity index (χ1n) is 8.72. The van der Waals surface area contributed by atoms with Crippen LogP contribution in [0.1, 0.15) is 12.0 Å². The van der Waals surface area contributed by atoms with Crippen LogP contribution in [0.4, 0.5) is 4.39 Å². The minimum Gasteiger partial charge on any atom is -0.383 e. The third-order valence-corrected chi connectivity index (χ3v) is 6.16. The van der Waals surface area contributed by atoms with Gasteiger partial charge in [-0.2, -0.15) is 4.31 Å². The van der Waals surface area contributed by atoms with Crippen LogP contribution in [0.2, 0.25) is 0 Å². The SMILES string of the molecule is COCCNC(=O)C(=O)NC[C@H]1OCCCN1S(=O)(=O)c1ccc(F)cc1C. The van der Waals surface area contributed by atoms with Gasteiger partial charge in [0.1, 0.15) is 12.0 Å². The fourth-order valence-electron chi connectivity index (χ4n) is 2.74. The summed E-state index contributed by atoms with van der Waals surface area (Å²) in [6.07, 6.45) is -0.500. The van der Waals surface area contributed by atoms with E-state index in [0.29, 0.717) is 13.0 Å². The Kier molecular flexibility index (Phi) is 7.87. The van der Waals surface area contributed by atoms with Crippen LogP contribution in [-0.2, 0) is 29.1 Å². The summed E-state index contributed by atoms with van der Waals surface area (Å²) in [7, 11) is -2.51. The molecule has 9 nitrogen and oxygen atoms in total. The highest BCUT2D eigenvalue weighted by molar-refractivity contribution is 7.89. The molecule has 11 heteroatoms. The molecule has 0 saturated carbocycles. The first kappa shape index (κ1) is 22.2. The Labute approximate surface area is 163 Å². The first-order valence-corrected chi connectivity index (χ1v) is 10.2. The molecule has 0 bridgehead atoms. The summed E-state index contributed by atoms with van der Waals surface area (Å²) in [4.78, 5) is 23.5. The third kappa shape index (κ3) is 5.47. The number of benzene rings is 1. The van der Waals surface area contributed by atoms with E-state index >= 15 is 0 Å². The first-order chi connectivity index (χ1) is 13.3. The number of hydrogen-bond acceptors (Lipinski definition) is 6. The molecule has 28 heavy (non-hydrogen) atoms. The van der Waals surface area contributed by atoms with E-state index < -0.39 is 33.9 Å². The molecule has 1 heterocycles. The molecule has 0 aliphatic carbocycles. The maximum Gasteiger partial charge on any atom is 0.309 e. The van der Waals surface area contributed by atoms with Crippen molar-refractivity contribution in [3.8, 4) is 0 Å². The fraction of sp³-hybridized carbons (Fsp3) is 0.529. The Morgan fingerprint density at radius 1 is 1.32 bits per heavy atom. The average Bonchev–Trinajstić information content (AvgIpc) is 2.66. The van der Waals surface area contributed by atoms with Crippen LogP contribution in [0, 0.1) is 12.7 Å². The summed E-state index contributed by atoms with van der Waals surface area (Å²) >= 11 is 0. The number of rotatable bonds is 7. The molecule has 1 aliphatic rings. The summed E-state index contributed by atoms with van der Waals surface area (Å²) in [5.74, 6) is -2.29. The number of methoxy groups -OCH3 is 1. The normalized spacial score (nSPS) is 17.9. The highest BCUT2D eigenvalue weighted by atomic mass is 32.2. The van der Waals surface area contributed by atoms with E-state index in [1.54, 1.807) is 0 Å². The van der Waals surface area contributed by atoms with E-state index in [-0.39, 0.29) is 36.7 Å². The van der Waals surface area contributed by atoms with E-state index in [9.17, 15) is 22.4 Å². The van der Waals surface area contributed by atoms with Gasteiger partial charge in [-0.1, -0.05) is 0 Å². The molecular weight excluding hydrogens is 393 g/mol. The Bertz CT molecular complexity index is 817. The van der Waals surface area contributed by atoms with Crippen LogP contribution >= 0.6 is 0 Å². The van der Waals surface area contributed by atoms with Gasteiger partial charge in [-0.3, -0.25) is 9.59 Å². The molecule has 1 fully saturated rings. The fourth-order valence-corrected chi connectivity index (χ4v) is 4.51. The average molecular weight is 417 g/mol. The Morgan fingerprint density at radius 2 is 2.04 bits per heavy atom. The van der Waals surface area contributed by atoms with Crippen molar-refractivity contribution < 1.29 is 31.9 Å². The lowest BCUT2D eigenvalue weighted by Crippen LogP contribution is -2.53. The number of carbonyl (C=O) groups is 2. The lowest BCUT2D eigenvalue weighted by atomic mass is 10.2. The molecule has 2 N–H and O–H groups in total. The minimum absolute atomic E-state index is 0.0342. The number of ether oxygens (including phenoxy) is 2. The van der Waals surface area contributed by atoms with Gasteiger partial charge in [0.15, 0.2) is 0 Å². The zero-order chi connectivity index (χ0) is 20.7. The molecule has 2 rings (SSSR count). The second-order valence-corrected chi connectivity index (χ2v) is 8.02. The van der Waals surface area contributed by atoms with Crippen molar-refractivity contribution in [3.63, 3.8) is 0 Å². The number of amides is 2. The Hall–Kier alpha value is -2.08. The summed E-state index contributed by atoms with van der Waals surface area (Å²) < 4.78 is 50.7. The molecular formula is C17H24FN3O6S. The highest BCUT2D eigenvalue weighted by Crippen LogP contribution is 2.25. The van der Waals surface area contributed by atoms with E-state index in [1.807, 2.05) is 0 Å². The maximum absolute atomic E-state index is 13.3. The zero-order valence-corrected chi connectivity index (χ0v) is 16.6. The van der Waals surface area contributed by atoms with Gasteiger partial charge in [0.25, 0.3) is 0 Å². The summed E-state index contributed by atoms with van der Waals surface area (Å²) in [5, 5.41) is 4.74. The molecule has 0 spiro atoms. The number of nitrogens with one attached hydrogen (secondary N) is 2. The second kappa shape index (κ2) is 9.92. The summed E-state index contributed by atoms with van der Waals surface area (Å²) in [6, 6.07) is 3.41. The van der Waals surface area contributed by atoms with Crippen molar-refractivity contribution in [3.05, 3.63) is 29.6 Å². The van der Waals surface area contributed by atoms with Crippen LogP contribution in [-0.4, -0.2) is 70.7 Å². The predicted octanol–water partition coefficient (Wildman–Crippen LogP) is -0.250. The second-order valence-electron chi connectivity index (χ2n) is 6.16. The molecule has 156 valence electrons. The molecule has 1 saturated heterocycles. The smallest absolute Gasteiger partial charge is 0.309 e. The predicted molar refractivity (Wildman–Crippen MR) is 97.3 cm³/mol. The quantitative estimate of drug-likeness (QED) is 0.467. The molecule has 0 unspecified atom stereocenters. The van der Waals surface area contributed by atoms with Gasteiger partial charge in [0.05, 0.1) is 24.7 Å². The van der Waals surface area contributed by atoms with Gasteiger partial charge in [-0.25, -0.2) is 12.8 Å². The van der Waals surface area contributed by atoms with Crippen molar-refractivity contribution in [2.75, 3.05) is 40.0 Å². The van der Waals surface area contributed by atoms with Crippen LogP contribution in [0.15, 0.2) is 23.1 Å². The highest BCUT2D eigenvalue weighted by Gasteiger charge is 2.35. The lowest BCUT2D eigenvalue weighted by molar-refractivity contribution is -0.140. The molecule has 1 aromatic rings. The van der Waals surface area contributed by atoms with Crippen LogP contribution in [0.3, 0.4) is 0 Å². The van der Waals surface area contributed by atoms with Gasteiger partial charge in [0.2, 0.25) is 10.0 Å². The molecule has 2 amide bonds. The molecule has 1 atom stereocenters. The lowest BCUT2D eigenvalue weighted by Gasteiger charge is -2.34. The zero-order valence-electron chi connectivity index (χ0n) is 15.7. The van der Waals surface area contributed by atoms with Crippen LogP contribution < -0.4 is 10.6 Å². The Balaban J connectivity index is 2.07. The summed E-state index contributed by atoms with van der Waals surface area (Å²) in [5.41, 5.74) is 0.269. The van der Waals surface area contributed by atoms with E-state index in [0.717, 1.165) is 16.4 Å². The molecule has 1 aliphatic heterocycles. The summed E-state index contributed by atoms with van der Waals surface area (Å²) in [6.45, 7) is 2.23.